The average Bonchev–Trinajstić information content (AvgIpc) is 2.69. The van der Waals surface area contributed by atoms with E-state index in [2.05, 4.69) is 75.2 Å². The van der Waals surface area contributed by atoms with Crippen LogP contribution >= 0.6 is 0 Å². The average molecular weight is 425 g/mol. The molecule has 2 aromatic rings. The van der Waals surface area contributed by atoms with Crippen molar-refractivity contribution < 1.29 is 9.22 Å². The molecule has 1 saturated heterocycles. The van der Waals surface area contributed by atoms with Gasteiger partial charge in [0.25, 0.3) is 0 Å². The number of benzene rings is 2. The van der Waals surface area contributed by atoms with Crippen LogP contribution in [-0.4, -0.2) is 49.8 Å². The van der Waals surface area contributed by atoms with E-state index in [1.165, 1.54) is 11.1 Å². The number of hydrogen-bond donors (Lipinski definition) is 0. The summed E-state index contributed by atoms with van der Waals surface area (Å²) in [7, 11) is -1.89. The van der Waals surface area contributed by atoms with Crippen LogP contribution in [0.4, 0.5) is 0 Å². The topological polar surface area (TPSA) is 32.8 Å². The van der Waals surface area contributed by atoms with E-state index in [1.54, 1.807) is 0 Å². The quantitative estimate of drug-likeness (QED) is 0.591. The van der Waals surface area contributed by atoms with Gasteiger partial charge in [0.2, 0.25) is 5.91 Å². The molecule has 0 aliphatic carbocycles. The maximum absolute atomic E-state index is 13.2. The Labute approximate surface area is 183 Å². The minimum absolute atomic E-state index is 0.0595. The van der Waals surface area contributed by atoms with E-state index in [1.807, 2.05) is 29.2 Å². The molecule has 0 N–H and O–H groups in total. The Hall–Kier alpha value is -1.95. The molecule has 1 fully saturated rings. The summed E-state index contributed by atoms with van der Waals surface area (Å²) in [4.78, 5) is 17.5. The highest BCUT2D eigenvalue weighted by Crippen LogP contribution is 2.37. The van der Waals surface area contributed by atoms with Gasteiger partial charge in [-0.15, -0.1) is 0 Å². The molecule has 1 aliphatic rings. The molecule has 1 atom stereocenters. The number of amides is 1. The van der Waals surface area contributed by atoms with Gasteiger partial charge in [-0.2, -0.15) is 0 Å². The second-order valence-corrected chi connectivity index (χ2v) is 14.7. The number of carbonyl (C=O) groups excluding carboxylic acids is 1. The molecule has 1 amide bonds. The highest BCUT2D eigenvalue weighted by Gasteiger charge is 2.39. The fraction of sp³-hybridized carbons (Fsp3) is 0.480. The molecule has 0 saturated carbocycles. The summed E-state index contributed by atoms with van der Waals surface area (Å²) < 4.78 is 6.57. The molecule has 1 aliphatic heterocycles. The van der Waals surface area contributed by atoms with Crippen LogP contribution in [0.15, 0.2) is 60.7 Å². The van der Waals surface area contributed by atoms with Gasteiger partial charge in [-0.3, -0.25) is 9.69 Å². The van der Waals surface area contributed by atoms with E-state index in [0.29, 0.717) is 19.7 Å². The van der Waals surface area contributed by atoms with Crippen molar-refractivity contribution in [1.29, 1.82) is 0 Å². The molecule has 0 radical (unpaired) electrons. The summed E-state index contributed by atoms with van der Waals surface area (Å²) in [6, 6.07) is 20.7. The maximum Gasteiger partial charge on any atom is 0.237 e. The van der Waals surface area contributed by atoms with Crippen LogP contribution in [0.5, 0.6) is 0 Å². The van der Waals surface area contributed by atoms with Gasteiger partial charge in [-0.05, 0) is 29.3 Å². The number of rotatable bonds is 7. The predicted molar refractivity (Wildman–Crippen MR) is 126 cm³/mol. The first-order valence-electron chi connectivity index (χ1n) is 10.9. The van der Waals surface area contributed by atoms with Gasteiger partial charge >= 0.3 is 0 Å². The summed E-state index contributed by atoms with van der Waals surface area (Å²) in [6.07, 6.45) is 0. The highest BCUT2D eigenvalue weighted by atomic mass is 28.4. The third-order valence-corrected chi connectivity index (χ3v) is 11.0. The molecule has 0 spiro atoms. The lowest BCUT2D eigenvalue weighted by molar-refractivity contribution is -0.142. The van der Waals surface area contributed by atoms with E-state index in [4.69, 9.17) is 4.43 Å². The summed E-state index contributed by atoms with van der Waals surface area (Å²) >= 11 is 0. The highest BCUT2D eigenvalue weighted by molar-refractivity contribution is 6.74. The Morgan fingerprint density at radius 2 is 1.47 bits per heavy atom. The van der Waals surface area contributed by atoms with Crippen LogP contribution in [0.3, 0.4) is 0 Å². The van der Waals surface area contributed by atoms with Gasteiger partial charge < -0.3 is 9.33 Å². The monoisotopic (exact) mass is 424 g/mol. The van der Waals surface area contributed by atoms with Crippen LogP contribution < -0.4 is 0 Å². The van der Waals surface area contributed by atoms with Crippen molar-refractivity contribution in [2.75, 3.05) is 19.7 Å². The molecule has 162 valence electrons. The minimum atomic E-state index is -1.89. The molecule has 4 nitrogen and oxygen atoms in total. The zero-order valence-electron chi connectivity index (χ0n) is 19.1. The molecular formula is C25H36N2O2Si. The first-order valence-corrected chi connectivity index (χ1v) is 13.8. The van der Waals surface area contributed by atoms with E-state index in [0.717, 1.165) is 13.1 Å². The molecule has 3 rings (SSSR count). The molecule has 5 heteroatoms. The maximum atomic E-state index is 13.2. The molecule has 0 bridgehead atoms. The van der Waals surface area contributed by atoms with Crippen LogP contribution in [0, 0.1) is 0 Å². The van der Waals surface area contributed by atoms with Gasteiger partial charge in [0.1, 0.15) is 0 Å². The summed E-state index contributed by atoms with van der Waals surface area (Å²) in [5, 5.41) is 0.152. The zero-order valence-corrected chi connectivity index (χ0v) is 20.1. The lowest BCUT2D eigenvalue weighted by atomic mass is 10.1. The largest absolute Gasteiger partial charge is 0.415 e. The standard InChI is InChI=1S/C25H36N2O2Si/c1-25(2,3)30(4,5)29-20-23-18-26(16-21-12-8-6-9-13-21)19-24(28)27(23)17-22-14-10-7-11-15-22/h6-15,23H,16-20H2,1-5H3. The summed E-state index contributed by atoms with van der Waals surface area (Å²) in [5.41, 5.74) is 2.41. The normalized spacial score (nSPS) is 18.6. The van der Waals surface area contributed by atoms with Crippen molar-refractivity contribution >= 4 is 14.2 Å². The van der Waals surface area contributed by atoms with Gasteiger partial charge in [0.15, 0.2) is 8.32 Å². The lowest BCUT2D eigenvalue weighted by Gasteiger charge is -2.44. The van der Waals surface area contributed by atoms with Crippen LogP contribution in [0.1, 0.15) is 31.9 Å². The smallest absolute Gasteiger partial charge is 0.237 e. The van der Waals surface area contributed by atoms with E-state index in [9.17, 15) is 4.79 Å². The SMILES string of the molecule is CC(C)(C)[Si](C)(C)OCC1CN(Cc2ccccc2)CC(=O)N1Cc1ccccc1. The van der Waals surface area contributed by atoms with Crippen LogP contribution in [0.2, 0.25) is 18.1 Å². The Balaban J connectivity index is 1.76. The molecule has 2 aromatic carbocycles. The Bertz CT molecular complexity index is 818. The van der Waals surface area contributed by atoms with Gasteiger partial charge in [-0.25, -0.2) is 0 Å². The summed E-state index contributed by atoms with van der Waals surface area (Å²) in [5.74, 6) is 0.185. The third kappa shape index (κ3) is 5.81. The molecule has 0 aromatic heterocycles. The number of nitrogens with zero attached hydrogens (tertiary/aromatic N) is 2. The molecule has 1 heterocycles. The van der Waals surface area contributed by atoms with Crippen molar-refractivity contribution in [3.63, 3.8) is 0 Å². The fourth-order valence-electron chi connectivity index (χ4n) is 3.57. The fourth-order valence-corrected chi connectivity index (χ4v) is 4.61. The van der Waals surface area contributed by atoms with Crippen molar-refractivity contribution in [2.24, 2.45) is 0 Å². The van der Waals surface area contributed by atoms with Crippen molar-refractivity contribution in [1.82, 2.24) is 9.80 Å². The Morgan fingerprint density at radius 1 is 0.933 bits per heavy atom. The number of hydrogen-bond acceptors (Lipinski definition) is 3. The van der Waals surface area contributed by atoms with Crippen molar-refractivity contribution in [3.05, 3.63) is 71.8 Å². The Morgan fingerprint density at radius 3 is 2.00 bits per heavy atom. The van der Waals surface area contributed by atoms with Gasteiger partial charge in [-0.1, -0.05) is 81.4 Å². The van der Waals surface area contributed by atoms with Crippen molar-refractivity contribution in [3.8, 4) is 0 Å². The first kappa shape index (κ1) is 22.7. The summed E-state index contributed by atoms with van der Waals surface area (Å²) in [6.45, 7) is 14.7. The van der Waals surface area contributed by atoms with Crippen molar-refractivity contribution in [2.45, 2.75) is 58.0 Å². The van der Waals surface area contributed by atoms with E-state index in [-0.39, 0.29) is 17.0 Å². The minimum Gasteiger partial charge on any atom is -0.415 e. The molecular weight excluding hydrogens is 388 g/mol. The number of piperazine rings is 1. The second kappa shape index (κ2) is 9.46. The third-order valence-electron chi connectivity index (χ3n) is 6.48. The van der Waals surface area contributed by atoms with Crippen LogP contribution in [0.25, 0.3) is 0 Å². The lowest BCUT2D eigenvalue weighted by Crippen LogP contribution is -2.58. The number of carbonyl (C=O) groups is 1. The van der Waals surface area contributed by atoms with Gasteiger partial charge in [0.05, 0.1) is 19.2 Å². The first-order chi connectivity index (χ1) is 14.2. The Kier molecular flexibility index (Phi) is 7.16. The molecule has 1 unspecified atom stereocenters. The second-order valence-electron chi connectivity index (χ2n) is 9.89. The predicted octanol–water partition coefficient (Wildman–Crippen LogP) is 4.92. The van der Waals surface area contributed by atoms with E-state index >= 15 is 0 Å². The zero-order chi connectivity index (χ0) is 21.8. The van der Waals surface area contributed by atoms with Gasteiger partial charge in [0, 0.05) is 19.6 Å². The van der Waals surface area contributed by atoms with E-state index < -0.39 is 8.32 Å². The molecule has 30 heavy (non-hydrogen) atoms. The van der Waals surface area contributed by atoms with Crippen LogP contribution in [-0.2, 0) is 22.3 Å².